The minimum atomic E-state index is -3.58. The summed E-state index contributed by atoms with van der Waals surface area (Å²) in [5.74, 6) is 0. The molecule has 0 unspecified atom stereocenters. The fourth-order valence-corrected chi connectivity index (χ4v) is 1.57. The van der Waals surface area contributed by atoms with E-state index in [-0.39, 0.29) is 5.02 Å². The van der Waals surface area contributed by atoms with E-state index in [1.165, 1.54) is 18.2 Å². The topological polar surface area (TPSA) is 66.5 Å². The van der Waals surface area contributed by atoms with Crippen LogP contribution >= 0.6 is 23.2 Å². The molecule has 1 rings (SSSR count). The highest BCUT2D eigenvalue weighted by Gasteiger charge is 2.18. The first-order valence-corrected chi connectivity index (χ1v) is 7.02. The van der Waals surface area contributed by atoms with Gasteiger partial charge in [-0.2, -0.15) is 0 Å². The molecule has 0 bridgehead atoms. The molecule has 0 aromatic heterocycles. The normalized spacial score (nSPS) is 11.1. The van der Waals surface area contributed by atoms with Crippen molar-refractivity contribution < 1.29 is 13.2 Å². The van der Waals surface area contributed by atoms with Crippen molar-refractivity contribution in [2.45, 2.75) is 0 Å². The largest absolute Gasteiger partial charge is 0.335 e. The van der Waals surface area contributed by atoms with Crippen molar-refractivity contribution in [1.29, 1.82) is 0 Å². The molecule has 2 amide bonds. The van der Waals surface area contributed by atoms with Crippen LogP contribution in [0.3, 0.4) is 0 Å². The molecular formula is C9H10Cl2N2O3S. The summed E-state index contributed by atoms with van der Waals surface area (Å²) in [4.78, 5) is 11.5. The standard InChI is InChI=1S/C9H10Cl2N2O3S/c1-13(17(2,15)16)9(14)12-6-3-4-7(10)8(11)5-6/h3-5H,1-2H3,(H,12,14). The highest BCUT2D eigenvalue weighted by molar-refractivity contribution is 7.88. The van der Waals surface area contributed by atoms with Gasteiger partial charge in [0.05, 0.1) is 16.3 Å². The number of amides is 2. The first-order valence-electron chi connectivity index (χ1n) is 4.42. The highest BCUT2D eigenvalue weighted by atomic mass is 35.5. The van der Waals surface area contributed by atoms with Gasteiger partial charge in [0.1, 0.15) is 0 Å². The molecule has 0 atom stereocenters. The summed E-state index contributed by atoms with van der Waals surface area (Å²) in [6.07, 6.45) is 0.932. The maximum atomic E-state index is 11.5. The molecule has 1 aromatic carbocycles. The van der Waals surface area contributed by atoms with Gasteiger partial charge in [0, 0.05) is 12.7 Å². The average Bonchev–Trinajstić information content (AvgIpc) is 2.21. The zero-order valence-electron chi connectivity index (χ0n) is 9.07. The number of carbonyl (C=O) groups is 1. The Kier molecular flexibility index (Phi) is 4.24. The third-order valence-corrected chi connectivity index (χ3v) is 3.85. The van der Waals surface area contributed by atoms with Crippen molar-refractivity contribution in [3.05, 3.63) is 28.2 Å². The molecule has 0 heterocycles. The van der Waals surface area contributed by atoms with Crippen molar-refractivity contribution in [2.24, 2.45) is 0 Å². The Morgan fingerprint density at radius 2 is 1.88 bits per heavy atom. The number of urea groups is 1. The molecule has 1 N–H and O–H groups in total. The van der Waals surface area contributed by atoms with Gasteiger partial charge in [-0.15, -0.1) is 0 Å². The average molecular weight is 297 g/mol. The minimum Gasteiger partial charge on any atom is -0.307 e. The van der Waals surface area contributed by atoms with Crippen LogP contribution in [-0.2, 0) is 10.0 Å². The number of nitrogens with one attached hydrogen (secondary N) is 1. The Labute approximate surface area is 109 Å². The van der Waals surface area contributed by atoms with Gasteiger partial charge in [-0.3, -0.25) is 0 Å². The summed E-state index contributed by atoms with van der Waals surface area (Å²) < 4.78 is 22.8. The van der Waals surface area contributed by atoms with Crippen molar-refractivity contribution in [3.63, 3.8) is 0 Å². The summed E-state index contributed by atoms with van der Waals surface area (Å²) in [6.45, 7) is 0. The molecule has 0 saturated heterocycles. The smallest absolute Gasteiger partial charge is 0.307 e. The summed E-state index contributed by atoms with van der Waals surface area (Å²) in [5, 5.41) is 3.00. The predicted octanol–water partition coefficient (Wildman–Crippen LogP) is 2.42. The zero-order chi connectivity index (χ0) is 13.2. The number of hydrogen-bond acceptors (Lipinski definition) is 3. The molecule has 0 spiro atoms. The number of carbonyl (C=O) groups excluding carboxylic acids is 1. The molecule has 1 aromatic rings. The van der Waals surface area contributed by atoms with Gasteiger partial charge in [0.25, 0.3) is 0 Å². The van der Waals surface area contributed by atoms with E-state index in [9.17, 15) is 13.2 Å². The Morgan fingerprint density at radius 1 is 1.29 bits per heavy atom. The molecule has 0 saturated carbocycles. The van der Waals surface area contributed by atoms with Crippen molar-refractivity contribution >= 4 is 44.9 Å². The highest BCUT2D eigenvalue weighted by Crippen LogP contribution is 2.25. The van der Waals surface area contributed by atoms with Gasteiger partial charge >= 0.3 is 6.03 Å². The van der Waals surface area contributed by atoms with E-state index in [1.807, 2.05) is 0 Å². The number of sulfonamides is 1. The van der Waals surface area contributed by atoms with Gasteiger partial charge in [-0.1, -0.05) is 23.2 Å². The monoisotopic (exact) mass is 296 g/mol. The predicted molar refractivity (Wildman–Crippen MR) is 68.1 cm³/mol. The van der Waals surface area contributed by atoms with Crippen LogP contribution < -0.4 is 5.32 Å². The van der Waals surface area contributed by atoms with Crippen LogP contribution in [0.25, 0.3) is 0 Å². The minimum absolute atomic E-state index is 0.270. The summed E-state index contributed by atoms with van der Waals surface area (Å²) in [7, 11) is -2.42. The van der Waals surface area contributed by atoms with Crippen LogP contribution in [0.5, 0.6) is 0 Å². The van der Waals surface area contributed by atoms with E-state index in [0.717, 1.165) is 13.3 Å². The molecule has 17 heavy (non-hydrogen) atoms. The number of halogens is 2. The van der Waals surface area contributed by atoms with Gasteiger partial charge in [-0.05, 0) is 18.2 Å². The SMILES string of the molecule is CN(C(=O)Nc1ccc(Cl)c(Cl)c1)S(C)(=O)=O. The van der Waals surface area contributed by atoms with E-state index < -0.39 is 16.1 Å². The van der Waals surface area contributed by atoms with Crippen LogP contribution in [0.15, 0.2) is 18.2 Å². The summed E-state index contributed by atoms with van der Waals surface area (Å²) in [5.41, 5.74) is 0.361. The Bertz CT molecular complexity index is 545. The van der Waals surface area contributed by atoms with Gasteiger partial charge in [0.2, 0.25) is 10.0 Å². The zero-order valence-corrected chi connectivity index (χ0v) is 11.4. The first-order chi connectivity index (χ1) is 7.71. The van der Waals surface area contributed by atoms with E-state index in [4.69, 9.17) is 23.2 Å². The lowest BCUT2D eigenvalue weighted by Crippen LogP contribution is -2.35. The van der Waals surface area contributed by atoms with Gasteiger partial charge in [-0.25, -0.2) is 17.5 Å². The van der Waals surface area contributed by atoms with E-state index in [0.29, 0.717) is 15.0 Å². The number of hydrogen-bond donors (Lipinski definition) is 1. The fourth-order valence-electron chi connectivity index (χ4n) is 0.927. The lowest BCUT2D eigenvalue weighted by atomic mass is 10.3. The molecule has 8 heteroatoms. The summed E-state index contributed by atoms with van der Waals surface area (Å²) in [6, 6.07) is 3.67. The quantitative estimate of drug-likeness (QED) is 0.911. The number of anilines is 1. The van der Waals surface area contributed by atoms with Crippen LogP contribution in [0.4, 0.5) is 10.5 Å². The third-order valence-electron chi connectivity index (χ3n) is 1.95. The second kappa shape index (κ2) is 5.12. The molecular weight excluding hydrogens is 287 g/mol. The van der Waals surface area contributed by atoms with E-state index >= 15 is 0 Å². The molecule has 94 valence electrons. The van der Waals surface area contributed by atoms with Crippen LogP contribution in [0.2, 0.25) is 10.0 Å². The van der Waals surface area contributed by atoms with Crippen molar-refractivity contribution in [2.75, 3.05) is 18.6 Å². The Balaban J connectivity index is 2.85. The van der Waals surface area contributed by atoms with Gasteiger partial charge in [0.15, 0.2) is 0 Å². The molecule has 0 aliphatic rings. The Hall–Kier alpha value is -0.980. The second-order valence-electron chi connectivity index (χ2n) is 3.29. The molecule has 0 aliphatic carbocycles. The number of benzene rings is 1. The third kappa shape index (κ3) is 3.76. The van der Waals surface area contributed by atoms with Crippen molar-refractivity contribution in [3.8, 4) is 0 Å². The van der Waals surface area contributed by atoms with Crippen LogP contribution in [0.1, 0.15) is 0 Å². The molecule has 0 aliphatic heterocycles. The summed E-state index contributed by atoms with van der Waals surface area (Å²) >= 11 is 11.5. The first kappa shape index (κ1) is 14.1. The van der Waals surface area contributed by atoms with Crippen LogP contribution in [-0.4, -0.2) is 32.1 Å². The molecule has 0 radical (unpaired) electrons. The lowest BCUT2D eigenvalue weighted by Gasteiger charge is -2.15. The van der Waals surface area contributed by atoms with Gasteiger partial charge < -0.3 is 5.32 Å². The maximum absolute atomic E-state index is 11.5. The number of nitrogens with zero attached hydrogens (tertiary/aromatic N) is 1. The fraction of sp³-hybridized carbons (Fsp3) is 0.222. The number of rotatable bonds is 2. The van der Waals surface area contributed by atoms with E-state index in [2.05, 4.69) is 5.32 Å². The second-order valence-corrected chi connectivity index (χ2v) is 6.12. The van der Waals surface area contributed by atoms with Crippen molar-refractivity contribution in [1.82, 2.24) is 4.31 Å². The van der Waals surface area contributed by atoms with E-state index in [1.54, 1.807) is 0 Å². The molecule has 0 fully saturated rings. The maximum Gasteiger partial charge on any atom is 0.335 e. The van der Waals surface area contributed by atoms with Crippen LogP contribution in [0, 0.1) is 0 Å². The Morgan fingerprint density at radius 3 is 2.35 bits per heavy atom. The lowest BCUT2D eigenvalue weighted by molar-refractivity contribution is 0.241. The molecule has 5 nitrogen and oxygen atoms in total.